The van der Waals surface area contributed by atoms with Gasteiger partial charge in [-0.1, -0.05) is 18.6 Å². The number of amides is 1. The summed E-state index contributed by atoms with van der Waals surface area (Å²) in [6.45, 7) is 6.82. The number of nitrogens with zero attached hydrogens (tertiary/aromatic N) is 6. The van der Waals surface area contributed by atoms with E-state index in [4.69, 9.17) is 5.26 Å². The molecule has 1 amide bonds. The van der Waals surface area contributed by atoms with Crippen LogP contribution < -0.4 is 0 Å². The van der Waals surface area contributed by atoms with Crippen LogP contribution in [0.1, 0.15) is 59.2 Å². The van der Waals surface area contributed by atoms with Crippen molar-refractivity contribution in [2.45, 2.75) is 52.5 Å². The highest BCUT2D eigenvalue weighted by molar-refractivity contribution is 5.98. The van der Waals surface area contributed by atoms with Gasteiger partial charge in [-0.25, -0.2) is 9.67 Å². The topological polar surface area (TPSA) is 87.7 Å². The molecule has 2 aromatic heterocycles. The third-order valence-electron chi connectivity index (χ3n) is 6.26. The third kappa shape index (κ3) is 4.54. The van der Waals surface area contributed by atoms with Gasteiger partial charge in [0, 0.05) is 24.5 Å². The van der Waals surface area contributed by atoms with Crippen molar-refractivity contribution >= 4 is 5.91 Å². The van der Waals surface area contributed by atoms with Crippen LogP contribution in [0.2, 0.25) is 0 Å². The van der Waals surface area contributed by atoms with Gasteiger partial charge in [-0.05, 0) is 69.7 Å². The zero-order valence-corrected chi connectivity index (χ0v) is 18.8. The van der Waals surface area contributed by atoms with Crippen LogP contribution >= 0.6 is 0 Å². The van der Waals surface area contributed by atoms with Gasteiger partial charge in [0.2, 0.25) is 0 Å². The van der Waals surface area contributed by atoms with Crippen LogP contribution in [0.4, 0.5) is 0 Å². The molecule has 2 atom stereocenters. The standard InChI is InChI=1S/C25H28N6O/c1-17-6-10-24(31-16-28-19(3)29-31)22(13-17)25(32)30-12-4-5-18(2)23(30)11-9-21-8-7-20(14-26)15-27-21/h6-8,10,13,15-16,18,23H,4-5,9,11-12H2,1-3H3/t18-,23-/m1/s1. The number of rotatable bonds is 5. The van der Waals surface area contributed by atoms with Crippen LogP contribution in [0.3, 0.4) is 0 Å². The van der Waals surface area contributed by atoms with Gasteiger partial charge in [0.05, 0.1) is 16.8 Å². The van der Waals surface area contributed by atoms with E-state index in [1.165, 1.54) is 0 Å². The predicted molar refractivity (Wildman–Crippen MR) is 121 cm³/mol. The summed E-state index contributed by atoms with van der Waals surface area (Å²) in [5.74, 6) is 1.12. The highest BCUT2D eigenvalue weighted by atomic mass is 16.2. The summed E-state index contributed by atoms with van der Waals surface area (Å²) in [6, 6.07) is 11.8. The van der Waals surface area contributed by atoms with E-state index < -0.39 is 0 Å². The number of aryl methyl sites for hydroxylation is 3. The minimum Gasteiger partial charge on any atom is -0.335 e. The van der Waals surface area contributed by atoms with Crippen molar-refractivity contribution in [3.05, 3.63) is 71.1 Å². The molecule has 0 radical (unpaired) electrons. The number of benzene rings is 1. The summed E-state index contributed by atoms with van der Waals surface area (Å²) < 4.78 is 1.69. The first-order chi connectivity index (χ1) is 15.5. The fraction of sp³-hybridized carbons (Fsp3) is 0.400. The minimum atomic E-state index is 0.0428. The summed E-state index contributed by atoms with van der Waals surface area (Å²) in [6.07, 6.45) is 6.99. The summed E-state index contributed by atoms with van der Waals surface area (Å²) in [4.78, 5) is 24.5. The molecule has 0 aliphatic carbocycles. The molecule has 0 bridgehead atoms. The number of hydrogen-bond acceptors (Lipinski definition) is 5. The molecular formula is C25H28N6O. The second-order valence-corrected chi connectivity index (χ2v) is 8.63. The summed E-state index contributed by atoms with van der Waals surface area (Å²) in [5, 5.41) is 13.4. The average molecular weight is 429 g/mol. The minimum absolute atomic E-state index is 0.0428. The van der Waals surface area contributed by atoms with Crippen molar-refractivity contribution in [1.29, 1.82) is 5.26 Å². The van der Waals surface area contributed by atoms with Crippen molar-refractivity contribution in [3.8, 4) is 11.8 Å². The number of nitriles is 1. The van der Waals surface area contributed by atoms with Crippen molar-refractivity contribution in [2.24, 2.45) is 5.92 Å². The van der Waals surface area contributed by atoms with E-state index in [1.807, 2.05) is 43.0 Å². The molecule has 0 spiro atoms. The third-order valence-corrected chi connectivity index (χ3v) is 6.26. The Bertz CT molecular complexity index is 1140. The monoisotopic (exact) mass is 428 g/mol. The Morgan fingerprint density at radius 3 is 2.75 bits per heavy atom. The average Bonchev–Trinajstić information content (AvgIpc) is 3.24. The zero-order valence-electron chi connectivity index (χ0n) is 18.8. The Morgan fingerprint density at radius 2 is 2.06 bits per heavy atom. The van der Waals surface area contributed by atoms with Crippen molar-refractivity contribution in [3.63, 3.8) is 0 Å². The highest BCUT2D eigenvalue weighted by Crippen LogP contribution is 2.29. The number of carbonyl (C=O) groups excluding carboxylic acids is 1. The van der Waals surface area contributed by atoms with Crippen molar-refractivity contribution in [1.82, 2.24) is 24.6 Å². The molecule has 0 saturated carbocycles. The summed E-state index contributed by atoms with van der Waals surface area (Å²) in [7, 11) is 0. The molecule has 3 aromatic rings. The largest absolute Gasteiger partial charge is 0.335 e. The molecule has 7 nitrogen and oxygen atoms in total. The number of likely N-dealkylation sites (tertiary alicyclic amines) is 1. The molecule has 4 rings (SSSR count). The predicted octanol–water partition coefficient (Wildman–Crippen LogP) is 4.02. The van der Waals surface area contributed by atoms with E-state index >= 15 is 0 Å². The van der Waals surface area contributed by atoms with Gasteiger partial charge in [0.1, 0.15) is 18.2 Å². The molecule has 1 saturated heterocycles. The lowest BCUT2D eigenvalue weighted by molar-refractivity contribution is 0.0499. The lowest BCUT2D eigenvalue weighted by Crippen LogP contribution is -2.48. The number of piperidine rings is 1. The molecule has 1 aliphatic heterocycles. The van der Waals surface area contributed by atoms with E-state index in [1.54, 1.807) is 23.3 Å². The van der Waals surface area contributed by atoms with E-state index in [-0.39, 0.29) is 11.9 Å². The van der Waals surface area contributed by atoms with Crippen LogP contribution in [0.5, 0.6) is 0 Å². The fourth-order valence-corrected chi connectivity index (χ4v) is 4.51. The number of pyridine rings is 1. The van der Waals surface area contributed by atoms with Crippen LogP contribution in [0.25, 0.3) is 5.69 Å². The van der Waals surface area contributed by atoms with Crippen LogP contribution in [-0.2, 0) is 6.42 Å². The first kappa shape index (κ1) is 21.7. The Labute approximate surface area is 188 Å². The molecule has 1 aliphatic rings. The SMILES string of the molecule is Cc1ccc(-n2cnc(C)n2)c(C(=O)N2CCC[C@@H](C)[C@H]2CCc2ccc(C#N)cn2)c1. The second-order valence-electron chi connectivity index (χ2n) is 8.63. The molecular weight excluding hydrogens is 400 g/mol. The highest BCUT2D eigenvalue weighted by Gasteiger charge is 2.33. The number of carbonyl (C=O) groups is 1. The Hall–Kier alpha value is -3.53. The summed E-state index contributed by atoms with van der Waals surface area (Å²) >= 11 is 0. The normalized spacial score (nSPS) is 18.4. The van der Waals surface area contributed by atoms with E-state index in [9.17, 15) is 4.79 Å². The van der Waals surface area contributed by atoms with E-state index in [0.29, 0.717) is 22.9 Å². The molecule has 0 N–H and O–H groups in total. The van der Waals surface area contributed by atoms with Gasteiger partial charge in [-0.15, -0.1) is 0 Å². The molecule has 164 valence electrons. The summed E-state index contributed by atoms with van der Waals surface area (Å²) in [5.41, 5.74) is 3.96. The van der Waals surface area contributed by atoms with E-state index in [0.717, 1.165) is 49.2 Å². The quantitative estimate of drug-likeness (QED) is 0.612. The lowest BCUT2D eigenvalue weighted by atomic mass is 9.86. The molecule has 3 heterocycles. The fourth-order valence-electron chi connectivity index (χ4n) is 4.51. The maximum Gasteiger partial charge on any atom is 0.256 e. The van der Waals surface area contributed by atoms with Crippen molar-refractivity contribution < 1.29 is 4.79 Å². The molecule has 1 fully saturated rings. The first-order valence-electron chi connectivity index (χ1n) is 11.1. The maximum atomic E-state index is 13.8. The smallest absolute Gasteiger partial charge is 0.256 e. The second kappa shape index (κ2) is 9.31. The van der Waals surface area contributed by atoms with Gasteiger partial charge in [0.25, 0.3) is 5.91 Å². The lowest BCUT2D eigenvalue weighted by Gasteiger charge is -2.40. The molecule has 0 unspecified atom stereocenters. The van der Waals surface area contributed by atoms with Gasteiger partial charge in [-0.2, -0.15) is 10.4 Å². The van der Waals surface area contributed by atoms with Crippen LogP contribution in [0, 0.1) is 31.1 Å². The van der Waals surface area contributed by atoms with Gasteiger partial charge >= 0.3 is 0 Å². The zero-order chi connectivity index (χ0) is 22.7. The van der Waals surface area contributed by atoms with Gasteiger partial charge < -0.3 is 4.90 Å². The van der Waals surface area contributed by atoms with Crippen LogP contribution in [0.15, 0.2) is 42.9 Å². The molecule has 1 aromatic carbocycles. The Kier molecular flexibility index (Phi) is 6.31. The molecule has 32 heavy (non-hydrogen) atoms. The van der Waals surface area contributed by atoms with E-state index in [2.05, 4.69) is 28.1 Å². The maximum absolute atomic E-state index is 13.8. The number of aromatic nitrogens is 4. The molecule has 7 heteroatoms. The Morgan fingerprint density at radius 1 is 1.22 bits per heavy atom. The van der Waals surface area contributed by atoms with Crippen molar-refractivity contribution in [2.75, 3.05) is 6.54 Å². The van der Waals surface area contributed by atoms with Crippen LogP contribution in [-0.4, -0.2) is 43.1 Å². The van der Waals surface area contributed by atoms with Gasteiger partial charge in [-0.3, -0.25) is 9.78 Å². The first-order valence-corrected chi connectivity index (χ1v) is 11.1. The number of hydrogen-bond donors (Lipinski definition) is 0. The Balaban J connectivity index is 1.60. The van der Waals surface area contributed by atoms with Gasteiger partial charge in [0.15, 0.2) is 0 Å².